The molecule has 0 unspecified atom stereocenters. The Morgan fingerprint density at radius 3 is 1.78 bits per heavy atom. The first-order valence-electron chi connectivity index (χ1n) is 11.1. The number of rotatable bonds is 7. The monoisotopic (exact) mass is 378 g/mol. The van der Waals surface area contributed by atoms with Gasteiger partial charge in [-0.05, 0) is 67.1 Å². The smallest absolute Gasteiger partial charge is 0.131 e. The molecule has 0 amide bonds. The van der Waals surface area contributed by atoms with Gasteiger partial charge in [-0.15, -0.1) is 0 Å². The molecule has 152 valence electrons. The van der Waals surface area contributed by atoms with Crippen LogP contribution in [0.3, 0.4) is 0 Å². The highest BCUT2D eigenvalue weighted by Crippen LogP contribution is 2.40. The molecule has 2 fully saturated rings. The quantitative estimate of drug-likeness (QED) is 0.481. The molecular weight excluding hydrogens is 342 g/mol. The first-order chi connectivity index (χ1) is 13.1. The molecule has 27 heavy (non-hydrogen) atoms. The first kappa shape index (κ1) is 20.8. The molecule has 0 aromatic heterocycles. The summed E-state index contributed by atoms with van der Waals surface area (Å²) in [4.78, 5) is 0. The average molecular weight is 379 g/mol. The van der Waals surface area contributed by atoms with E-state index in [1.54, 1.807) is 0 Å². The van der Waals surface area contributed by atoms with Crippen LogP contribution >= 0.6 is 0 Å². The minimum Gasteiger partial charge on any atom is -0.380 e. The van der Waals surface area contributed by atoms with Crippen molar-refractivity contribution in [2.24, 2.45) is 17.8 Å². The Morgan fingerprint density at radius 2 is 1.30 bits per heavy atom. The lowest BCUT2D eigenvalue weighted by molar-refractivity contribution is 0.177. The Hall–Kier alpha value is -0.960. The number of hydrogen-bond donors (Lipinski definition) is 0. The molecule has 2 saturated carbocycles. The van der Waals surface area contributed by atoms with Gasteiger partial charge in [-0.3, -0.25) is 0 Å². The lowest BCUT2D eigenvalue weighted by Gasteiger charge is -2.32. The summed E-state index contributed by atoms with van der Waals surface area (Å²) in [6.45, 7) is 2.32. The van der Waals surface area contributed by atoms with Gasteiger partial charge in [-0.25, -0.2) is 8.78 Å². The van der Waals surface area contributed by atoms with Crippen LogP contribution in [0, 0.1) is 29.4 Å². The van der Waals surface area contributed by atoms with Crippen LogP contribution in [-0.2, 0) is 11.3 Å². The molecule has 0 spiro atoms. The number of benzene rings is 1. The maximum Gasteiger partial charge on any atom is 0.131 e. The predicted octanol–water partition coefficient (Wildman–Crippen LogP) is 7.38. The van der Waals surface area contributed by atoms with Crippen LogP contribution < -0.4 is 0 Å². The number of hydrogen-bond acceptors (Lipinski definition) is 1. The zero-order valence-electron chi connectivity index (χ0n) is 17.1. The largest absolute Gasteiger partial charge is 0.380 e. The van der Waals surface area contributed by atoms with E-state index in [2.05, 4.69) is 6.92 Å². The minimum absolute atomic E-state index is 0.00907. The van der Waals surface area contributed by atoms with E-state index in [4.69, 9.17) is 4.74 Å². The van der Waals surface area contributed by atoms with Gasteiger partial charge in [0.25, 0.3) is 0 Å². The van der Waals surface area contributed by atoms with E-state index in [-0.39, 0.29) is 12.2 Å². The van der Waals surface area contributed by atoms with Crippen LogP contribution in [0.5, 0.6) is 0 Å². The highest BCUT2D eigenvalue weighted by atomic mass is 19.1. The Bertz CT molecular complexity index is 561. The van der Waals surface area contributed by atoms with E-state index < -0.39 is 11.6 Å². The van der Waals surface area contributed by atoms with Gasteiger partial charge in [-0.1, -0.05) is 51.9 Å². The summed E-state index contributed by atoms with van der Waals surface area (Å²) in [5, 5.41) is 0. The first-order valence-corrected chi connectivity index (χ1v) is 11.1. The highest BCUT2D eigenvalue weighted by molar-refractivity contribution is 5.28. The molecule has 0 aliphatic heterocycles. The zero-order chi connectivity index (χ0) is 19.2. The fourth-order valence-electron chi connectivity index (χ4n) is 5.32. The molecule has 0 atom stereocenters. The fourth-order valence-corrected chi connectivity index (χ4v) is 5.32. The average Bonchev–Trinajstić information content (AvgIpc) is 2.70. The molecule has 2 aliphatic rings. The van der Waals surface area contributed by atoms with Gasteiger partial charge < -0.3 is 4.74 Å². The summed E-state index contributed by atoms with van der Waals surface area (Å²) in [5.41, 5.74) is 0.883. The standard InChI is InChI=1S/C24H36F2O/c1-3-17-4-6-18(7-5-17)8-9-19-10-12-20(13-11-19)21-14-23(25)22(16-27-2)24(26)15-21/h14-15,17-20H,3-13,16H2,1-2H3/t17-,18-,19?,20?. The van der Waals surface area contributed by atoms with Gasteiger partial charge in [-0.2, -0.15) is 0 Å². The van der Waals surface area contributed by atoms with Crippen molar-refractivity contribution < 1.29 is 13.5 Å². The van der Waals surface area contributed by atoms with E-state index in [1.165, 1.54) is 77.0 Å². The molecule has 1 nitrogen and oxygen atoms in total. The summed E-state index contributed by atoms with van der Waals surface area (Å²) in [6, 6.07) is 3.07. The summed E-state index contributed by atoms with van der Waals surface area (Å²) < 4.78 is 33.3. The van der Waals surface area contributed by atoms with Crippen molar-refractivity contribution in [3.8, 4) is 0 Å². The molecule has 0 N–H and O–H groups in total. The Labute approximate surface area is 163 Å². The van der Waals surface area contributed by atoms with E-state index >= 15 is 0 Å². The molecule has 0 saturated heterocycles. The van der Waals surface area contributed by atoms with E-state index in [9.17, 15) is 8.78 Å². The second-order valence-electron chi connectivity index (χ2n) is 8.99. The summed E-state index contributed by atoms with van der Waals surface area (Å²) in [7, 11) is 1.46. The molecule has 0 bridgehead atoms. The van der Waals surface area contributed by atoms with E-state index in [0.29, 0.717) is 5.92 Å². The number of methoxy groups -OCH3 is 1. The highest BCUT2D eigenvalue weighted by Gasteiger charge is 2.26. The summed E-state index contributed by atoms with van der Waals surface area (Å²) >= 11 is 0. The normalized spacial score (nSPS) is 29.0. The fraction of sp³-hybridized carbons (Fsp3) is 0.750. The van der Waals surface area contributed by atoms with Crippen LogP contribution in [0.1, 0.15) is 94.6 Å². The zero-order valence-corrected chi connectivity index (χ0v) is 17.1. The molecule has 1 aromatic rings. The summed E-state index contributed by atoms with van der Waals surface area (Å²) in [6.07, 6.45) is 14.4. The third-order valence-electron chi connectivity index (χ3n) is 7.30. The van der Waals surface area contributed by atoms with Crippen molar-refractivity contribution in [2.75, 3.05) is 7.11 Å². The summed E-state index contributed by atoms with van der Waals surface area (Å²) in [5.74, 6) is 2.12. The maximum atomic E-state index is 14.2. The predicted molar refractivity (Wildman–Crippen MR) is 107 cm³/mol. The van der Waals surface area contributed by atoms with Gasteiger partial charge in [0.05, 0.1) is 6.61 Å². The molecular formula is C24H36F2O. The SMILES string of the molecule is CC[C@H]1CC[C@H](CCC2CCC(c3cc(F)c(COC)c(F)c3)CC2)CC1. The lowest BCUT2D eigenvalue weighted by Crippen LogP contribution is -2.17. The molecule has 2 aliphatic carbocycles. The van der Waals surface area contributed by atoms with Crippen LogP contribution in [0.25, 0.3) is 0 Å². The second kappa shape index (κ2) is 10.0. The van der Waals surface area contributed by atoms with E-state index in [0.717, 1.165) is 36.2 Å². The van der Waals surface area contributed by atoms with Crippen molar-refractivity contribution >= 4 is 0 Å². The topological polar surface area (TPSA) is 9.23 Å². The van der Waals surface area contributed by atoms with Crippen LogP contribution in [0.15, 0.2) is 12.1 Å². The molecule has 1 aromatic carbocycles. The number of halogens is 2. The van der Waals surface area contributed by atoms with Gasteiger partial charge in [0.1, 0.15) is 11.6 Å². The lowest BCUT2D eigenvalue weighted by atomic mass is 9.74. The molecule has 3 rings (SSSR count). The number of ether oxygens (including phenoxy) is 1. The Morgan fingerprint density at radius 1 is 0.815 bits per heavy atom. The molecule has 0 heterocycles. The van der Waals surface area contributed by atoms with Crippen LogP contribution in [0.2, 0.25) is 0 Å². The maximum absolute atomic E-state index is 14.2. The van der Waals surface area contributed by atoms with E-state index in [1.807, 2.05) is 0 Å². The van der Waals surface area contributed by atoms with Gasteiger partial charge >= 0.3 is 0 Å². The van der Waals surface area contributed by atoms with Crippen LogP contribution in [-0.4, -0.2) is 7.11 Å². The Balaban J connectivity index is 1.45. The van der Waals surface area contributed by atoms with Crippen molar-refractivity contribution in [1.29, 1.82) is 0 Å². The third-order valence-corrected chi connectivity index (χ3v) is 7.30. The van der Waals surface area contributed by atoms with Gasteiger partial charge in [0, 0.05) is 12.7 Å². The van der Waals surface area contributed by atoms with Gasteiger partial charge in [0.15, 0.2) is 0 Å². The van der Waals surface area contributed by atoms with Crippen molar-refractivity contribution in [1.82, 2.24) is 0 Å². The third kappa shape index (κ3) is 5.53. The molecule has 0 radical (unpaired) electrons. The van der Waals surface area contributed by atoms with Crippen molar-refractivity contribution in [3.63, 3.8) is 0 Å². The van der Waals surface area contributed by atoms with Crippen LogP contribution in [0.4, 0.5) is 8.78 Å². The Kier molecular flexibility index (Phi) is 7.69. The van der Waals surface area contributed by atoms with Crippen molar-refractivity contribution in [3.05, 3.63) is 34.9 Å². The second-order valence-corrected chi connectivity index (χ2v) is 8.99. The molecule has 3 heteroatoms. The minimum atomic E-state index is -0.461. The van der Waals surface area contributed by atoms with Gasteiger partial charge in [0.2, 0.25) is 0 Å². The van der Waals surface area contributed by atoms with Crippen molar-refractivity contribution in [2.45, 2.75) is 90.1 Å².